The lowest BCUT2D eigenvalue weighted by molar-refractivity contribution is -0.127. The minimum absolute atomic E-state index is 0.0105. The summed E-state index contributed by atoms with van der Waals surface area (Å²) >= 11 is 0. The highest BCUT2D eigenvalue weighted by molar-refractivity contribution is 5.77. The van der Waals surface area contributed by atoms with Gasteiger partial charge in [-0.15, -0.1) is 0 Å². The second kappa shape index (κ2) is 5.80. The fourth-order valence-corrected chi connectivity index (χ4v) is 1.89. The average molecular weight is 235 g/mol. The Bertz CT molecular complexity index is 366. The highest BCUT2D eigenvalue weighted by atomic mass is 16.5. The van der Waals surface area contributed by atoms with Crippen molar-refractivity contribution in [3.63, 3.8) is 0 Å². The van der Waals surface area contributed by atoms with Gasteiger partial charge in [0.1, 0.15) is 0 Å². The number of ether oxygens (including phenoxy) is 1. The molecule has 1 aromatic carbocycles. The summed E-state index contributed by atoms with van der Waals surface area (Å²) in [5, 5.41) is 12.4. The summed E-state index contributed by atoms with van der Waals surface area (Å²) in [6, 6.07) is 9.55. The van der Waals surface area contributed by atoms with Gasteiger partial charge < -0.3 is 15.2 Å². The van der Waals surface area contributed by atoms with E-state index >= 15 is 0 Å². The van der Waals surface area contributed by atoms with Gasteiger partial charge in [-0.25, -0.2) is 0 Å². The molecule has 1 aromatic rings. The topological polar surface area (TPSA) is 58.6 Å². The van der Waals surface area contributed by atoms with Crippen LogP contribution in [0.3, 0.4) is 0 Å². The van der Waals surface area contributed by atoms with Crippen molar-refractivity contribution >= 4 is 5.91 Å². The molecular weight excluding hydrogens is 218 g/mol. The molecule has 0 bridgehead atoms. The van der Waals surface area contributed by atoms with E-state index < -0.39 is 6.10 Å². The van der Waals surface area contributed by atoms with Crippen LogP contribution >= 0.6 is 0 Å². The quantitative estimate of drug-likeness (QED) is 0.813. The highest BCUT2D eigenvalue weighted by Crippen LogP contribution is 2.10. The molecule has 92 valence electrons. The van der Waals surface area contributed by atoms with Gasteiger partial charge >= 0.3 is 0 Å². The molecule has 0 saturated carbocycles. The molecule has 1 heterocycles. The Kier molecular flexibility index (Phi) is 4.12. The molecular formula is C13H17NO3. The lowest BCUT2D eigenvalue weighted by Crippen LogP contribution is -2.50. The van der Waals surface area contributed by atoms with Gasteiger partial charge in [0, 0.05) is 6.42 Å². The third kappa shape index (κ3) is 3.54. The largest absolute Gasteiger partial charge is 0.391 e. The number of amides is 1. The summed E-state index contributed by atoms with van der Waals surface area (Å²) < 4.78 is 5.50. The predicted octanol–water partition coefficient (Wildman–Crippen LogP) is 0.843. The summed E-state index contributed by atoms with van der Waals surface area (Å²) in [6.45, 7) is 0.849. The van der Waals surface area contributed by atoms with Crippen molar-refractivity contribution in [3.05, 3.63) is 35.9 Å². The van der Waals surface area contributed by atoms with E-state index in [1.54, 1.807) is 0 Å². The van der Waals surface area contributed by atoms with E-state index in [1.165, 1.54) is 0 Å². The van der Waals surface area contributed by atoms with Gasteiger partial charge in [0.15, 0.2) is 0 Å². The predicted molar refractivity (Wildman–Crippen MR) is 63.3 cm³/mol. The second-order valence-electron chi connectivity index (χ2n) is 4.28. The van der Waals surface area contributed by atoms with Crippen LogP contribution in [0.25, 0.3) is 0 Å². The number of piperidine rings is 1. The third-order valence-corrected chi connectivity index (χ3v) is 2.89. The number of benzene rings is 1. The van der Waals surface area contributed by atoms with Gasteiger partial charge in [-0.2, -0.15) is 0 Å². The van der Waals surface area contributed by atoms with Crippen molar-refractivity contribution in [2.75, 3.05) is 6.61 Å². The molecule has 2 atom stereocenters. The Morgan fingerprint density at radius 2 is 2.12 bits per heavy atom. The number of hydrogen-bond donors (Lipinski definition) is 2. The molecule has 1 amide bonds. The van der Waals surface area contributed by atoms with Gasteiger partial charge in [0.2, 0.25) is 5.91 Å². The SMILES string of the molecule is O=C1CC[C@@H](O)[C@H](COCc2ccccc2)N1. The Morgan fingerprint density at radius 1 is 1.35 bits per heavy atom. The Balaban J connectivity index is 1.76. The van der Waals surface area contributed by atoms with Crippen molar-refractivity contribution in [1.82, 2.24) is 5.32 Å². The second-order valence-corrected chi connectivity index (χ2v) is 4.28. The molecule has 0 unspecified atom stereocenters. The fraction of sp³-hybridized carbons (Fsp3) is 0.462. The van der Waals surface area contributed by atoms with Crippen molar-refractivity contribution < 1.29 is 14.6 Å². The Morgan fingerprint density at radius 3 is 2.88 bits per heavy atom. The molecule has 2 rings (SSSR count). The van der Waals surface area contributed by atoms with Crippen LogP contribution in [-0.4, -0.2) is 29.8 Å². The molecule has 1 saturated heterocycles. The summed E-state index contributed by atoms with van der Waals surface area (Å²) in [5.74, 6) is -0.0105. The first-order valence-electron chi connectivity index (χ1n) is 5.85. The molecule has 2 N–H and O–H groups in total. The summed E-state index contributed by atoms with van der Waals surface area (Å²) in [4.78, 5) is 11.2. The molecule has 0 aliphatic carbocycles. The Hall–Kier alpha value is -1.39. The first kappa shape index (κ1) is 12.1. The molecule has 1 fully saturated rings. The zero-order chi connectivity index (χ0) is 12.1. The zero-order valence-corrected chi connectivity index (χ0v) is 9.63. The lowest BCUT2D eigenvalue weighted by Gasteiger charge is -2.28. The molecule has 1 aliphatic heterocycles. The summed E-state index contributed by atoms with van der Waals surface area (Å²) in [7, 11) is 0. The minimum Gasteiger partial charge on any atom is -0.391 e. The molecule has 17 heavy (non-hydrogen) atoms. The van der Waals surface area contributed by atoms with Crippen LogP contribution in [0.1, 0.15) is 18.4 Å². The van der Waals surface area contributed by atoms with Crippen LogP contribution in [0.15, 0.2) is 30.3 Å². The molecule has 0 aromatic heterocycles. The van der Waals surface area contributed by atoms with E-state index in [2.05, 4.69) is 5.32 Å². The van der Waals surface area contributed by atoms with Crippen molar-refractivity contribution in [2.24, 2.45) is 0 Å². The molecule has 1 aliphatic rings. The van der Waals surface area contributed by atoms with Crippen LogP contribution in [0.2, 0.25) is 0 Å². The van der Waals surface area contributed by atoms with Crippen LogP contribution < -0.4 is 5.32 Å². The van der Waals surface area contributed by atoms with E-state index in [4.69, 9.17) is 4.74 Å². The molecule has 4 heteroatoms. The van der Waals surface area contributed by atoms with Gasteiger partial charge in [0.25, 0.3) is 0 Å². The maximum atomic E-state index is 11.2. The number of aliphatic hydroxyl groups is 1. The Labute approximate surface area is 101 Å². The number of hydrogen-bond acceptors (Lipinski definition) is 3. The van der Waals surface area contributed by atoms with Gasteiger partial charge in [-0.05, 0) is 12.0 Å². The van der Waals surface area contributed by atoms with E-state index in [-0.39, 0.29) is 11.9 Å². The van der Waals surface area contributed by atoms with E-state index in [0.29, 0.717) is 26.1 Å². The zero-order valence-electron chi connectivity index (χ0n) is 9.63. The van der Waals surface area contributed by atoms with E-state index in [0.717, 1.165) is 5.56 Å². The first-order chi connectivity index (χ1) is 8.25. The van der Waals surface area contributed by atoms with Crippen molar-refractivity contribution in [3.8, 4) is 0 Å². The summed E-state index contributed by atoms with van der Waals surface area (Å²) in [5.41, 5.74) is 1.09. The average Bonchev–Trinajstić information content (AvgIpc) is 2.35. The van der Waals surface area contributed by atoms with Crippen molar-refractivity contribution in [1.29, 1.82) is 0 Å². The van der Waals surface area contributed by atoms with Crippen LogP contribution in [0.5, 0.6) is 0 Å². The monoisotopic (exact) mass is 235 g/mol. The van der Waals surface area contributed by atoms with Gasteiger partial charge in [0.05, 0.1) is 25.4 Å². The maximum absolute atomic E-state index is 11.2. The van der Waals surface area contributed by atoms with Crippen LogP contribution in [0, 0.1) is 0 Å². The molecule has 4 nitrogen and oxygen atoms in total. The van der Waals surface area contributed by atoms with Gasteiger partial charge in [-0.3, -0.25) is 4.79 Å². The van der Waals surface area contributed by atoms with Crippen LogP contribution in [-0.2, 0) is 16.1 Å². The van der Waals surface area contributed by atoms with Crippen LogP contribution in [0.4, 0.5) is 0 Å². The maximum Gasteiger partial charge on any atom is 0.220 e. The van der Waals surface area contributed by atoms with Gasteiger partial charge in [-0.1, -0.05) is 30.3 Å². The third-order valence-electron chi connectivity index (χ3n) is 2.89. The number of carbonyl (C=O) groups excluding carboxylic acids is 1. The summed E-state index contributed by atoms with van der Waals surface area (Å²) in [6.07, 6.45) is 0.421. The first-order valence-corrected chi connectivity index (χ1v) is 5.85. The minimum atomic E-state index is -0.497. The molecule has 0 spiro atoms. The fourth-order valence-electron chi connectivity index (χ4n) is 1.89. The highest BCUT2D eigenvalue weighted by Gasteiger charge is 2.26. The van der Waals surface area contributed by atoms with E-state index in [9.17, 15) is 9.90 Å². The number of rotatable bonds is 4. The number of nitrogens with one attached hydrogen (secondary N) is 1. The van der Waals surface area contributed by atoms with Crippen molar-refractivity contribution in [2.45, 2.75) is 31.6 Å². The molecule has 0 radical (unpaired) electrons. The van der Waals surface area contributed by atoms with E-state index in [1.807, 2.05) is 30.3 Å². The normalized spacial score (nSPS) is 24.4. The lowest BCUT2D eigenvalue weighted by atomic mass is 10.0. The smallest absolute Gasteiger partial charge is 0.220 e. The number of carbonyl (C=O) groups is 1. The standard InChI is InChI=1S/C13H17NO3/c15-12-6-7-13(16)14-11(12)9-17-8-10-4-2-1-3-5-10/h1-5,11-12,15H,6-9H2,(H,14,16)/t11-,12+/m0/s1. The number of aliphatic hydroxyl groups excluding tert-OH is 1.